The van der Waals surface area contributed by atoms with E-state index in [0.717, 1.165) is 42.5 Å². The lowest BCUT2D eigenvalue weighted by Crippen LogP contribution is -2.47. The Labute approximate surface area is 137 Å². The van der Waals surface area contributed by atoms with Gasteiger partial charge in [-0.2, -0.15) is 0 Å². The van der Waals surface area contributed by atoms with E-state index in [4.69, 9.17) is 27.4 Å². The highest BCUT2D eigenvalue weighted by Crippen LogP contribution is 2.37. The highest BCUT2D eigenvalue weighted by Gasteiger charge is 2.29. The normalized spacial score (nSPS) is 16.9. The van der Waals surface area contributed by atoms with Crippen molar-refractivity contribution in [3.63, 3.8) is 0 Å². The number of thiocarbonyl (C=S) groups is 1. The zero-order chi connectivity index (χ0) is 16.1. The van der Waals surface area contributed by atoms with E-state index in [0.29, 0.717) is 6.54 Å². The number of nitrogens with two attached hydrogens (primary N) is 1. The Bertz CT molecular complexity index is 536. The van der Waals surface area contributed by atoms with Crippen molar-refractivity contribution in [3.05, 3.63) is 23.3 Å². The van der Waals surface area contributed by atoms with Gasteiger partial charge in [0.25, 0.3) is 0 Å². The maximum absolute atomic E-state index is 6.04. The van der Waals surface area contributed by atoms with E-state index in [9.17, 15) is 0 Å². The van der Waals surface area contributed by atoms with Gasteiger partial charge in [0.1, 0.15) is 0 Å². The second kappa shape index (κ2) is 7.65. The molecule has 0 aliphatic carbocycles. The lowest BCUT2D eigenvalue weighted by atomic mass is 9.92. The van der Waals surface area contributed by atoms with Crippen LogP contribution in [0.15, 0.2) is 12.1 Å². The van der Waals surface area contributed by atoms with Gasteiger partial charge in [0, 0.05) is 19.6 Å². The summed E-state index contributed by atoms with van der Waals surface area (Å²) in [5.74, 6) is 1.49. The zero-order valence-electron chi connectivity index (χ0n) is 13.5. The number of hydrogen-bond acceptors (Lipinski definition) is 4. The summed E-state index contributed by atoms with van der Waals surface area (Å²) in [5.41, 5.74) is 8.46. The second-order valence-corrected chi connectivity index (χ2v) is 5.72. The molecule has 0 aromatic heterocycles. The molecular formula is C16H25N3O2S. The van der Waals surface area contributed by atoms with Gasteiger partial charge in [-0.3, -0.25) is 0 Å². The molecule has 0 unspecified atom stereocenters. The van der Waals surface area contributed by atoms with Crippen LogP contribution < -0.4 is 20.5 Å². The Morgan fingerprint density at radius 3 is 2.64 bits per heavy atom. The fourth-order valence-electron chi connectivity index (χ4n) is 2.86. The van der Waals surface area contributed by atoms with Crippen molar-refractivity contribution < 1.29 is 9.47 Å². The van der Waals surface area contributed by atoms with Crippen molar-refractivity contribution in [2.45, 2.75) is 25.8 Å². The first-order valence-electron chi connectivity index (χ1n) is 7.65. The average molecular weight is 323 g/mol. The molecule has 5 nitrogen and oxygen atoms in total. The third kappa shape index (κ3) is 3.28. The standard InChI is InChI=1S/C16H25N3O2S/c1-4-6-18-16(22)19-7-5-11-8-14(20-2)15(21-3)9-12(11)13(19)10-17/h8-9,13H,4-7,10,17H2,1-3H3,(H,18,22)/t13-/m0/s1. The van der Waals surface area contributed by atoms with Gasteiger partial charge in [0.05, 0.1) is 20.3 Å². The third-order valence-corrected chi connectivity index (χ3v) is 4.39. The number of ether oxygens (including phenoxy) is 2. The Balaban J connectivity index is 2.32. The molecule has 0 radical (unpaired) electrons. The fraction of sp³-hybridized carbons (Fsp3) is 0.562. The molecule has 1 aromatic rings. The van der Waals surface area contributed by atoms with Crippen LogP contribution in [0, 0.1) is 0 Å². The van der Waals surface area contributed by atoms with E-state index >= 15 is 0 Å². The first kappa shape index (κ1) is 16.8. The molecule has 1 heterocycles. The largest absolute Gasteiger partial charge is 0.493 e. The lowest BCUT2D eigenvalue weighted by molar-refractivity contribution is 0.296. The third-order valence-electron chi connectivity index (χ3n) is 4.01. The van der Waals surface area contributed by atoms with E-state index in [1.807, 2.05) is 6.07 Å². The topological polar surface area (TPSA) is 59.8 Å². The molecule has 0 saturated heterocycles. The molecule has 22 heavy (non-hydrogen) atoms. The van der Waals surface area contributed by atoms with E-state index in [-0.39, 0.29) is 6.04 Å². The Morgan fingerprint density at radius 2 is 2.05 bits per heavy atom. The average Bonchev–Trinajstić information content (AvgIpc) is 2.56. The predicted octanol–water partition coefficient (Wildman–Crippen LogP) is 1.85. The van der Waals surface area contributed by atoms with Crippen molar-refractivity contribution in [2.75, 3.05) is 33.9 Å². The van der Waals surface area contributed by atoms with Crippen LogP contribution in [-0.2, 0) is 6.42 Å². The highest BCUT2D eigenvalue weighted by atomic mass is 32.1. The summed E-state index contributed by atoms with van der Waals surface area (Å²) >= 11 is 5.53. The van der Waals surface area contributed by atoms with Gasteiger partial charge in [-0.25, -0.2) is 0 Å². The molecule has 1 atom stereocenters. The summed E-state index contributed by atoms with van der Waals surface area (Å²) in [6, 6.07) is 4.15. The molecule has 122 valence electrons. The summed E-state index contributed by atoms with van der Waals surface area (Å²) in [7, 11) is 3.30. The first-order valence-corrected chi connectivity index (χ1v) is 8.06. The van der Waals surface area contributed by atoms with Crippen molar-refractivity contribution in [1.29, 1.82) is 0 Å². The number of nitrogens with one attached hydrogen (secondary N) is 1. The van der Waals surface area contributed by atoms with Gasteiger partial charge in [-0.1, -0.05) is 6.92 Å². The number of rotatable bonds is 5. The molecule has 0 spiro atoms. The lowest BCUT2D eigenvalue weighted by Gasteiger charge is -2.39. The molecule has 1 aromatic carbocycles. The van der Waals surface area contributed by atoms with Crippen molar-refractivity contribution >= 4 is 17.3 Å². The van der Waals surface area contributed by atoms with Crippen LogP contribution >= 0.6 is 12.2 Å². The van der Waals surface area contributed by atoms with Crippen LogP contribution in [0.2, 0.25) is 0 Å². The van der Waals surface area contributed by atoms with Gasteiger partial charge in [-0.15, -0.1) is 0 Å². The van der Waals surface area contributed by atoms with Crippen molar-refractivity contribution in [3.8, 4) is 11.5 Å². The van der Waals surface area contributed by atoms with Crippen LogP contribution in [0.25, 0.3) is 0 Å². The SMILES string of the molecule is CCCNC(=S)N1CCc2cc(OC)c(OC)cc2[C@@H]1CN. The van der Waals surface area contributed by atoms with Crippen molar-refractivity contribution in [1.82, 2.24) is 10.2 Å². The van der Waals surface area contributed by atoms with Gasteiger partial charge in [0.15, 0.2) is 16.6 Å². The van der Waals surface area contributed by atoms with Gasteiger partial charge in [-0.05, 0) is 48.3 Å². The molecule has 0 fully saturated rings. The number of methoxy groups -OCH3 is 2. The summed E-state index contributed by atoms with van der Waals surface area (Å²) < 4.78 is 10.8. The molecular weight excluding hydrogens is 298 g/mol. The molecule has 0 saturated carbocycles. The number of hydrogen-bond donors (Lipinski definition) is 2. The second-order valence-electron chi connectivity index (χ2n) is 5.33. The Kier molecular flexibility index (Phi) is 5.85. The molecule has 6 heteroatoms. The minimum absolute atomic E-state index is 0.0698. The summed E-state index contributed by atoms with van der Waals surface area (Å²) in [4.78, 5) is 2.18. The molecule has 1 aliphatic heterocycles. The molecule has 2 rings (SSSR count). The molecule has 0 bridgehead atoms. The fourth-order valence-corrected chi connectivity index (χ4v) is 3.18. The first-order chi connectivity index (χ1) is 10.7. The van der Waals surface area contributed by atoms with E-state index < -0.39 is 0 Å². The Morgan fingerprint density at radius 1 is 1.36 bits per heavy atom. The quantitative estimate of drug-likeness (QED) is 0.807. The smallest absolute Gasteiger partial charge is 0.169 e. The summed E-state index contributed by atoms with van der Waals surface area (Å²) in [6.45, 7) is 4.38. The van der Waals surface area contributed by atoms with Gasteiger partial charge < -0.3 is 25.4 Å². The van der Waals surface area contributed by atoms with Crippen LogP contribution in [0.3, 0.4) is 0 Å². The van der Waals surface area contributed by atoms with E-state index in [1.165, 1.54) is 11.1 Å². The number of benzene rings is 1. The predicted molar refractivity (Wildman–Crippen MR) is 92.6 cm³/mol. The number of fused-ring (bicyclic) bond motifs is 1. The van der Waals surface area contributed by atoms with Gasteiger partial charge >= 0.3 is 0 Å². The maximum Gasteiger partial charge on any atom is 0.169 e. The minimum Gasteiger partial charge on any atom is -0.493 e. The monoisotopic (exact) mass is 323 g/mol. The summed E-state index contributed by atoms with van der Waals surface area (Å²) in [5, 5.41) is 4.07. The van der Waals surface area contributed by atoms with Crippen LogP contribution in [0.1, 0.15) is 30.5 Å². The van der Waals surface area contributed by atoms with Gasteiger partial charge in [0.2, 0.25) is 0 Å². The van der Waals surface area contributed by atoms with Crippen LogP contribution in [-0.4, -0.2) is 43.9 Å². The maximum atomic E-state index is 6.04. The zero-order valence-corrected chi connectivity index (χ0v) is 14.3. The van der Waals surface area contributed by atoms with E-state index in [1.54, 1.807) is 14.2 Å². The van der Waals surface area contributed by atoms with Crippen LogP contribution in [0.4, 0.5) is 0 Å². The number of nitrogens with zero attached hydrogens (tertiary/aromatic N) is 1. The van der Waals surface area contributed by atoms with E-state index in [2.05, 4.69) is 23.2 Å². The highest BCUT2D eigenvalue weighted by molar-refractivity contribution is 7.80. The molecule has 1 aliphatic rings. The van der Waals surface area contributed by atoms with Crippen molar-refractivity contribution in [2.24, 2.45) is 5.73 Å². The summed E-state index contributed by atoms with van der Waals surface area (Å²) in [6.07, 6.45) is 1.96. The molecule has 3 N–H and O–H groups in total. The molecule has 0 amide bonds. The van der Waals surface area contributed by atoms with Crippen LogP contribution in [0.5, 0.6) is 11.5 Å². The Hall–Kier alpha value is -1.53. The minimum atomic E-state index is 0.0698.